The van der Waals surface area contributed by atoms with E-state index in [4.69, 9.17) is 0 Å². The maximum atomic E-state index is 11.7. The van der Waals surface area contributed by atoms with Gasteiger partial charge in [-0.15, -0.1) is 0 Å². The average molecular weight is 666 g/mol. The highest BCUT2D eigenvalue weighted by Gasteiger charge is 2.52. The van der Waals surface area contributed by atoms with Crippen LogP contribution in [0.15, 0.2) is 63.6 Å². The van der Waals surface area contributed by atoms with E-state index in [-0.39, 0.29) is 11.2 Å². The number of para-hydroxylation sites is 1. The van der Waals surface area contributed by atoms with Crippen LogP contribution in [0.3, 0.4) is 0 Å². The molecule has 4 bridgehead atoms. The van der Waals surface area contributed by atoms with E-state index in [1.54, 1.807) is 0 Å². The topological polar surface area (TPSA) is 43.7 Å². The van der Waals surface area contributed by atoms with Crippen molar-refractivity contribution in [3.05, 3.63) is 91.4 Å². The molecule has 2 N–H and O–H groups in total. The Bertz CT molecular complexity index is 1410. The number of benzene rings is 3. The zero-order valence-corrected chi connectivity index (χ0v) is 26.6. The Hall–Kier alpha value is -2.24. The van der Waals surface area contributed by atoms with Crippen molar-refractivity contribution in [2.75, 3.05) is 11.9 Å². The summed E-state index contributed by atoms with van der Waals surface area (Å²) in [6.07, 6.45) is 13.9. The van der Waals surface area contributed by atoms with Gasteiger partial charge in [-0.1, -0.05) is 64.0 Å². The molecule has 0 radical (unpaired) electrons. The van der Waals surface area contributed by atoms with Gasteiger partial charge in [-0.05, 0) is 121 Å². The molecule has 7 rings (SSSR count). The number of rotatable bonds is 8. The number of nitrogens with zero attached hydrogens (tertiary/aromatic N) is 1. The quantitative estimate of drug-likeness (QED) is 0.252. The lowest BCUT2D eigenvalue weighted by Crippen LogP contribution is -2.48. The molecule has 0 aliphatic heterocycles. The van der Waals surface area contributed by atoms with Crippen molar-refractivity contribution in [3.8, 4) is 11.5 Å². The highest BCUT2D eigenvalue weighted by Crippen LogP contribution is 2.62. The third kappa shape index (κ3) is 5.48. The molecule has 4 saturated carbocycles. The minimum absolute atomic E-state index is 0.181. The average Bonchev–Trinajstić information content (AvgIpc) is 2.90. The molecule has 210 valence electrons. The van der Waals surface area contributed by atoms with Crippen molar-refractivity contribution in [3.63, 3.8) is 0 Å². The first-order valence-corrected chi connectivity index (χ1v) is 16.3. The van der Waals surface area contributed by atoms with Gasteiger partial charge >= 0.3 is 0 Å². The number of halogens is 2. The molecule has 0 heterocycles. The van der Waals surface area contributed by atoms with E-state index in [0.717, 1.165) is 46.2 Å². The van der Waals surface area contributed by atoms with Gasteiger partial charge in [0.25, 0.3) is 0 Å². The lowest BCUT2D eigenvalue weighted by atomic mass is 9.48. The van der Waals surface area contributed by atoms with Gasteiger partial charge in [0.15, 0.2) is 0 Å². The summed E-state index contributed by atoms with van der Waals surface area (Å²) in [5.74, 6) is 3.36. The summed E-state index contributed by atoms with van der Waals surface area (Å²) in [6, 6.07) is 16.8. The van der Waals surface area contributed by atoms with Crippen molar-refractivity contribution in [2.45, 2.75) is 70.3 Å². The Morgan fingerprint density at radius 3 is 2.27 bits per heavy atom. The normalized spacial score (nSPS) is 25.1. The molecule has 3 aromatic rings. The van der Waals surface area contributed by atoms with Crippen LogP contribution in [0.4, 0.5) is 5.69 Å². The summed E-state index contributed by atoms with van der Waals surface area (Å²) in [7, 11) is 2.14. The van der Waals surface area contributed by atoms with Crippen molar-refractivity contribution >= 4 is 43.6 Å². The first-order chi connectivity index (χ1) is 19.2. The van der Waals surface area contributed by atoms with Crippen LogP contribution in [0.25, 0.3) is 6.08 Å². The zero-order chi connectivity index (χ0) is 28.0. The van der Waals surface area contributed by atoms with Crippen LogP contribution < -0.4 is 4.90 Å². The monoisotopic (exact) mass is 663 g/mol. The van der Waals surface area contributed by atoms with Crippen LogP contribution in [0.1, 0.15) is 72.8 Å². The summed E-state index contributed by atoms with van der Waals surface area (Å²) in [6.45, 7) is 2.87. The van der Waals surface area contributed by atoms with E-state index in [1.165, 1.54) is 60.9 Å². The van der Waals surface area contributed by atoms with Crippen molar-refractivity contribution in [1.82, 2.24) is 0 Å². The molecule has 0 unspecified atom stereocenters. The van der Waals surface area contributed by atoms with E-state index in [2.05, 4.69) is 93.2 Å². The van der Waals surface area contributed by atoms with Crippen molar-refractivity contribution < 1.29 is 10.2 Å². The van der Waals surface area contributed by atoms with Crippen LogP contribution in [-0.4, -0.2) is 17.3 Å². The number of phenols is 2. The predicted molar refractivity (Wildman–Crippen MR) is 172 cm³/mol. The third-order valence-electron chi connectivity index (χ3n) is 9.69. The molecule has 4 fully saturated rings. The summed E-state index contributed by atoms with van der Waals surface area (Å²) in [5, 5.41) is 22.1. The minimum atomic E-state index is 0.181. The van der Waals surface area contributed by atoms with E-state index >= 15 is 0 Å². The second-order valence-corrected chi connectivity index (χ2v) is 14.5. The molecule has 0 saturated heterocycles. The zero-order valence-electron chi connectivity index (χ0n) is 23.5. The molecule has 3 nitrogen and oxygen atoms in total. The van der Waals surface area contributed by atoms with Gasteiger partial charge in [0.1, 0.15) is 11.5 Å². The number of phenolic OH excluding ortho intramolecular Hbond substituents is 2. The maximum absolute atomic E-state index is 11.7. The van der Waals surface area contributed by atoms with Gasteiger partial charge in [-0.25, -0.2) is 0 Å². The number of hydrogen-bond donors (Lipinski definition) is 2. The number of aromatic hydroxyl groups is 2. The molecule has 0 amide bonds. The highest BCUT2D eigenvalue weighted by atomic mass is 79.9. The molecule has 0 spiro atoms. The van der Waals surface area contributed by atoms with Gasteiger partial charge in [-0.2, -0.15) is 0 Å². The van der Waals surface area contributed by atoms with Crippen molar-refractivity contribution in [1.29, 1.82) is 0 Å². The Morgan fingerprint density at radius 1 is 0.900 bits per heavy atom. The Labute approximate surface area is 255 Å². The standard InChI is InChI=1S/C35H39Br2NO2/c1-22-11-28(33(39)30(12-22)35-18-23-13-24(19-35)15-25(14-23)20-35)21-38(2)32-10-6-5-8-26(32)7-3-4-9-27-16-29(36)17-31(37)34(27)40/h4-6,8-12,16-17,23-25,39-40H,3,7,13-15,18-21H2,1-2H3/b9-4+. The first-order valence-electron chi connectivity index (χ1n) is 14.7. The van der Waals surface area contributed by atoms with Crippen LogP contribution in [0, 0.1) is 24.7 Å². The molecule has 4 aliphatic carbocycles. The maximum Gasteiger partial charge on any atom is 0.137 e. The van der Waals surface area contributed by atoms with Crippen LogP contribution in [-0.2, 0) is 18.4 Å². The van der Waals surface area contributed by atoms with E-state index < -0.39 is 0 Å². The molecular formula is C35H39Br2NO2. The summed E-state index contributed by atoms with van der Waals surface area (Å²) >= 11 is 6.91. The SMILES string of the molecule is Cc1cc(CN(C)c2ccccc2CC/C=C/c2cc(Br)cc(Br)c2O)c(O)c(C23CC4CC(CC(C4)C2)C3)c1. The van der Waals surface area contributed by atoms with Gasteiger partial charge in [0.2, 0.25) is 0 Å². The second kappa shape index (κ2) is 11.2. The minimum Gasteiger partial charge on any atom is -0.507 e. The third-order valence-corrected chi connectivity index (χ3v) is 10.8. The number of aryl methyl sites for hydroxylation is 2. The molecule has 4 aliphatic rings. The Morgan fingerprint density at radius 2 is 1.57 bits per heavy atom. The van der Waals surface area contributed by atoms with Crippen LogP contribution in [0.2, 0.25) is 0 Å². The van der Waals surface area contributed by atoms with Crippen molar-refractivity contribution in [2.24, 2.45) is 17.8 Å². The summed E-state index contributed by atoms with van der Waals surface area (Å²) < 4.78 is 1.61. The summed E-state index contributed by atoms with van der Waals surface area (Å²) in [4.78, 5) is 2.29. The molecule has 5 heteroatoms. The first kappa shape index (κ1) is 27.9. The van der Waals surface area contributed by atoms with E-state index in [0.29, 0.717) is 16.8 Å². The molecule has 40 heavy (non-hydrogen) atoms. The van der Waals surface area contributed by atoms with E-state index in [1.807, 2.05) is 18.2 Å². The Kier molecular flexibility index (Phi) is 7.82. The molecule has 0 aromatic heterocycles. The smallest absolute Gasteiger partial charge is 0.137 e. The fourth-order valence-electron chi connectivity index (χ4n) is 8.42. The number of hydrogen-bond acceptors (Lipinski definition) is 3. The van der Waals surface area contributed by atoms with Gasteiger partial charge in [-0.3, -0.25) is 0 Å². The number of allylic oxidation sites excluding steroid dienone is 1. The van der Waals surface area contributed by atoms with Crippen LogP contribution >= 0.6 is 31.9 Å². The predicted octanol–water partition coefficient (Wildman–Crippen LogP) is 9.68. The highest BCUT2D eigenvalue weighted by molar-refractivity contribution is 9.11. The lowest BCUT2D eigenvalue weighted by molar-refractivity contribution is -0.00621. The second-order valence-electron chi connectivity index (χ2n) is 12.8. The van der Waals surface area contributed by atoms with Gasteiger partial charge in [0, 0.05) is 40.4 Å². The molecule has 3 aromatic carbocycles. The van der Waals surface area contributed by atoms with Gasteiger partial charge in [0.05, 0.1) is 4.47 Å². The van der Waals surface area contributed by atoms with E-state index in [9.17, 15) is 10.2 Å². The lowest BCUT2D eigenvalue weighted by Gasteiger charge is -2.57. The fraction of sp³-hybridized carbons (Fsp3) is 0.429. The number of anilines is 1. The van der Waals surface area contributed by atoms with Crippen LogP contribution in [0.5, 0.6) is 11.5 Å². The summed E-state index contributed by atoms with van der Waals surface area (Å²) in [5.41, 5.74) is 6.98. The van der Waals surface area contributed by atoms with Gasteiger partial charge < -0.3 is 15.1 Å². The molecule has 0 atom stereocenters. The molecular weight excluding hydrogens is 626 g/mol. The fourth-order valence-corrected chi connectivity index (χ4v) is 9.67. The largest absolute Gasteiger partial charge is 0.507 e. The Balaban J connectivity index is 1.19.